The first-order valence-corrected chi connectivity index (χ1v) is 5.36. The summed E-state index contributed by atoms with van der Waals surface area (Å²) in [6, 6.07) is 0. The lowest BCUT2D eigenvalue weighted by Crippen LogP contribution is -2.16. The van der Waals surface area contributed by atoms with Crippen LogP contribution in [0.1, 0.15) is 55.6 Å². The quantitative estimate of drug-likeness (QED) is 0.654. The van der Waals surface area contributed by atoms with Crippen molar-refractivity contribution in [2.45, 2.75) is 52.8 Å². The number of ether oxygens (including phenoxy) is 1. The molecule has 13 heavy (non-hydrogen) atoms. The third-order valence-electron chi connectivity index (χ3n) is 2.43. The Balaban J connectivity index is 2.40. The zero-order valence-corrected chi connectivity index (χ0v) is 9.23. The second kappa shape index (κ2) is 4.99. The molecule has 0 aliphatic carbocycles. The molecule has 1 heterocycles. The monoisotopic (exact) mass is 186 g/mol. The summed E-state index contributed by atoms with van der Waals surface area (Å²) in [5, 5.41) is 0. The van der Waals surface area contributed by atoms with E-state index in [1.165, 1.54) is 0 Å². The summed E-state index contributed by atoms with van der Waals surface area (Å²) >= 11 is 0. The predicted molar refractivity (Wildman–Crippen MR) is 56.8 cm³/mol. The third-order valence-corrected chi connectivity index (χ3v) is 2.43. The van der Waals surface area contributed by atoms with E-state index in [-0.39, 0.29) is 5.41 Å². The van der Waals surface area contributed by atoms with Gasteiger partial charge in [0.2, 0.25) is 0 Å². The molecule has 0 unspecified atom stereocenters. The molecule has 0 atom stereocenters. The molecule has 0 radical (unpaired) electrons. The first-order chi connectivity index (χ1) is 6.79. The molecule has 0 aromatic carbocycles. The van der Waals surface area contributed by atoms with Gasteiger partial charge < -0.3 is 4.74 Å². The van der Waals surface area contributed by atoms with Gasteiger partial charge in [0.1, 0.15) is 0 Å². The standard InChI is InChI=1S/C12H24O/c1-12(2,3)8-4-5-11-6-9-13-10-7-11/h11H,4-10H2,1-3H3/i4D2. The van der Waals surface area contributed by atoms with Gasteiger partial charge in [-0.15, -0.1) is 0 Å². The number of hydrogen-bond donors (Lipinski definition) is 0. The first kappa shape index (κ1) is 8.28. The van der Waals surface area contributed by atoms with Crippen LogP contribution in [0.15, 0.2) is 0 Å². The molecule has 1 aliphatic rings. The van der Waals surface area contributed by atoms with Gasteiger partial charge in [0.25, 0.3) is 0 Å². The van der Waals surface area contributed by atoms with Gasteiger partial charge in [-0.25, -0.2) is 0 Å². The highest BCUT2D eigenvalue weighted by atomic mass is 16.5. The van der Waals surface area contributed by atoms with E-state index in [4.69, 9.17) is 7.48 Å². The average Bonchev–Trinajstić information content (AvgIpc) is 1.99. The van der Waals surface area contributed by atoms with Crippen LogP contribution >= 0.6 is 0 Å². The van der Waals surface area contributed by atoms with E-state index in [2.05, 4.69) is 20.8 Å². The van der Waals surface area contributed by atoms with Crippen molar-refractivity contribution < 1.29 is 7.48 Å². The molecule has 1 heteroatoms. The van der Waals surface area contributed by atoms with Crippen molar-refractivity contribution in [3.05, 3.63) is 0 Å². The minimum atomic E-state index is -1.01. The average molecular weight is 186 g/mol. The van der Waals surface area contributed by atoms with Gasteiger partial charge in [-0.1, -0.05) is 33.6 Å². The van der Waals surface area contributed by atoms with E-state index in [9.17, 15) is 0 Å². The Labute approximate surface area is 85.7 Å². The molecule has 1 aliphatic heterocycles. The summed E-state index contributed by atoms with van der Waals surface area (Å²) in [4.78, 5) is 0. The van der Waals surface area contributed by atoms with Crippen LogP contribution in [0.4, 0.5) is 0 Å². The van der Waals surface area contributed by atoms with Crippen LogP contribution in [-0.4, -0.2) is 13.2 Å². The Bertz CT molecular complexity index is 190. The molecule has 0 aromatic heterocycles. The highest BCUT2D eigenvalue weighted by Gasteiger charge is 2.15. The predicted octanol–water partition coefficient (Wildman–Crippen LogP) is 3.63. The van der Waals surface area contributed by atoms with E-state index in [0.29, 0.717) is 18.8 Å². The zero-order valence-electron chi connectivity index (χ0n) is 11.2. The summed E-state index contributed by atoms with van der Waals surface area (Å²) in [5.74, 6) is 0.524. The molecule has 0 N–H and O–H groups in total. The molecule has 0 amide bonds. The molecule has 0 saturated carbocycles. The fraction of sp³-hybridized carbons (Fsp3) is 1.00. The lowest BCUT2D eigenvalue weighted by Gasteiger charge is -2.24. The fourth-order valence-electron chi connectivity index (χ4n) is 1.60. The van der Waals surface area contributed by atoms with Gasteiger partial charge in [0.05, 0.1) is 0 Å². The van der Waals surface area contributed by atoms with E-state index in [1.807, 2.05) is 0 Å². The van der Waals surface area contributed by atoms with E-state index >= 15 is 0 Å². The van der Waals surface area contributed by atoms with Crippen LogP contribution in [0.3, 0.4) is 0 Å². The SMILES string of the molecule is [2H]C([2H])(CC1CCOCC1)CC(C)(C)C. The maximum absolute atomic E-state index is 8.04. The van der Waals surface area contributed by atoms with E-state index < -0.39 is 6.37 Å². The smallest absolute Gasteiger partial charge is 0.0468 e. The largest absolute Gasteiger partial charge is 0.381 e. The van der Waals surface area contributed by atoms with E-state index in [0.717, 1.165) is 26.1 Å². The molecule has 0 bridgehead atoms. The lowest BCUT2D eigenvalue weighted by atomic mass is 9.86. The first-order valence-electron chi connectivity index (χ1n) is 6.36. The molecule has 1 nitrogen and oxygen atoms in total. The van der Waals surface area contributed by atoms with Crippen molar-refractivity contribution in [1.29, 1.82) is 0 Å². The maximum atomic E-state index is 8.04. The Morgan fingerprint density at radius 3 is 2.46 bits per heavy atom. The van der Waals surface area contributed by atoms with Crippen molar-refractivity contribution in [3.63, 3.8) is 0 Å². The molecule has 1 fully saturated rings. The Kier molecular flexibility index (Phi) is 3.18. The van der Waals surface area contributed by atoms with Crippen LogP contribution in [0.25, 0.3) is 0 Å². The molecular formula is C12H24O. The minimum Gasteiger partial charge on any atom is -0.381 e. The fourth-order valence-corrected chi connectivity index (χ4v) is 1.60. The zero-order chi connectivity index (χ0) is 11.5. The maximum Gasteiger partial charge on any atom is 0.0468 e. The van der Waals surface area contributed by atoms with Crippen LogP contribution in [0.5, 0.6) is 0 Å². The Hall–Kier alpha value is -0.0400. The second-order valence-electron chi connectivity index (χ2n) is 5.25. The second-order valence-corrected chi connectivity index (χ2v) is 5.25. The Morgan fingerprint density at radius 2 is 1.92 bits per heavy atom. The molecule has 78 valence electrons. The topological polar surface area (TPSA) is 9.23 Å². The van der Waals surface area contributed by atoms with Gasteiger partial charge >= 0.3 is 0 Å². The minimum absolute atomic E-state index is 0.0780. The van der Waals surface area contributed by atoms with Crippen LogP contribution < -0.4 is 0 Å². The highest BCUT2D eigenvalue weighted by Crippen LogP contribution is 2.26. The van der Waals surface area contributed by atoms with Gasteiger partial charge in [-0.2, -0.15) is 0 Å². The van der Waals surface area contributed by atoms with E-state index in [1.54, 1.807) is 0 Å². The summed E-state index contributed by atoms with van der Waals surface area (Å²) < 4.78 is 21.4. The molecular weight excluding hydrogens is 160 g/mol. The summed E-state index contributed by atoms with van der Waals surface area (Å²) in [5.41, 5.74) is 0.0780. The Morgan fingerprint density at radius 1 is 1.31 bits per heavy atom. The van der Waals surface area contributed by atoms with Crippen molar-refractivity contribution in [2.24, 2.45) is 11.3 Å². The van der Waals surface area contributed by atoms with Crippen LogP contribution in [0.2, 0.25) is 0 Å². The van der Waals surface area contributed by atoms with Gasteiger partial charge in [-0.05, 0) is 30.6 Å². The summed E-state index contributed by atoms with van der Waals surface area (Å²) in [6.45, 7) is 7.95. The molecule has 0 spiro atoms. The third kappa shape index (κ3) is 5.30. The number of rotatable bonds is 3. The van der Waals surface area contributed by atoms with Crippen molar-refractivity contribution in [3.8, 4) is 0 Å². The number of hydrogen-bond acceptors (Lipinski definition) is 1. The highest BCUT2D eigenvalue weighted by molar-refractivity contribution is 4.66. The van der Waals surface area contributed by atoms with Gasteiger partial charge in [-0.3, -0.25) is 0 Å². The van der Waals surface area contributed by atoms with Crippen molar-refractivity contribution in [1.82, 2.24) is 0 Å². The van der Waals surface area contributed by atoms with Gasteiger partial charge in [0, 0.05) is 16.0 Å². The molecule has 0 aromatic rings. The molecule has 1 rings (SSSR count). The van der Waals surface area contributed by atoms with Crippen LogP contribution in [-0.2, 0) is 4.74 Å². The molecule has 1 saturated heterocycles. The van der Waals surface area contributed by atoms with Crippen LogP contribution in [0, 0.1) is 11.3 Å². The van der Waals surface area contributed by atoms with Crippen molar-refractivity contribution in [2.75, 3.05) is 13.2 Å². The summed E-state index contributed by atoms with van der Waals surface area (Å²) in [7, 11) is 0. The summed E-state index contributed by atoms with van der Waals surface area (Å²) in [6.07, 6.45) is 2.40. The lowest BCUT2D eigenvalue weighted by molar-refractivity contribution is 0.0623. The van der Waals surface area contributed by atoms with Gasteiger partial charge in [0.15, 0.2) is 0 Å². The normalized spacial score (nSPS) is 23.9. The van der Waals surface area contributed by atoms with Crippen molar-refractivity contribution >= 4 is 0 Å².